The minimum absolute atomic E-state index is 0.00620. The van der Waals surface area contributed by atoms with Crippen molar-refractivity contribution in [3.05, 3.63) is 90.7 Å². The van der Waals surface area contributed by atoms with E-state index in [-0.39, 0.29) is 18.0 Å². The summed E-state index contributed by atoms with van der Waals surface area (Å²) in [5.41, 5.74) is 1.83. The third-order valence-electron chi connectivity index (χ3n) is 5.47. The van der Waals surface area contributed by atoms with Crippen molar-refractivity contribution in [2.45, 2.75) is 20.5 Å². The van der Waals surface area contributed by atoms with Gasteiger partial charge in [0.05, 0.1) is 15.9 Å². The van der Waals surface area contributed by atoms with Crippen LogP contribution in [0, 0.1) is 16.3 Å². The molecule has 10 heteroatoms. The van der Waals surface area contributed by atoms with E-state index in [1.165, 1.54) is 12.1 Å². The summed E-state index contributed by atoms with van der Waals surface area (Å²) in [6, 6.07) is 13.8. The third-order valence-corrected chi connectivity index (χ3v) is 7.16. The van der Waals surface area contributed by atoms with Gasteiger partial charge in [-0.3, -0.25) is 14.9 Å². The van der Waals surface area contributed by atoms with Crippen LogP contribution in [0.4, 0.5) is 14.9 Å². The summed E-state index contributed by atoms with van der Waals surface area (Å²) in [6.45, 7) is 3.96. The molecule has 1 fully saturated rings. The standard InChI is InChI=1S/C27H21BrFIN2O5/c1-3-36-23-13-16(12-22(30)24(23)37-14-17-6-4-5-7-21(17)29)11-19-25(33)31-27(35)32(26(19)34)18-8-9-20(28)15(2)10-18/h4-13H,3,14H2,1-2H3,(H,31,33,35)/b19-11+. The lowest BCUT2D eigenvalue weighted by Crippen LogP contribution is -2.54. The van der Waals surface area contributed by atoms with Gasteiger partial charge in [0.25, 0.3) is 11.8 Å². The van der Waals surface area contributed by atoms with Crippen molar-refractivity contribution in [1.82, 2.24) is 5.32 Å². The summed E-state index contributed by atoms with van der Waals surface area (Å²) in [5.74, 6) is -1.14. The molecule has 190 valence electrons. The van der Waals surface area contributed by atoms with E-state index in [0.29, 0.717) is 38.5 Å². The number of nitrogens with zero attached hydrogens (tertiary/aromatic N) is 1. The number of urea groups is 1. The van der Waals surface area contributed by atoms with E-state index >= 15 is 0 Å². The van der Waals surface area contributed by atoms with E-state index in [9.17, 15) is 18.8 Å². The van der Waals surface area contributed by atoms with Crippen molar-refractivity contribution in [2.75, 3.05) is 11.5 Å². The molecule has 1 aliphatic rings. The molecule has 1 N–H and O–H groups in total. The molecule has 3 aromatic carbocycles. The summed E-state index contributed by atoms with van der Waals surface area (Å²) >= 11 is 5.45. The molecule has 0 radical (unpaired) electrons. The fourth-order valence-corrected chi connectivity index (χ4v) is 4.69. The van der Waals surface area contributed by atoms with E-state index in [2.05, 4.69) is 21.2 Å². The zero-order valence-electron chi connectivity index (χ0n) is 19.8. The Hall–Kier alpha value is -3.25. The zero-order valence-corrected chi connectivity index (χ0v) is 23.6. The number of nitrogens with one attached hydrogen (secondary N) is 1. The van der Waals surface area contributed by atoms with Crippen LogP contribution in [0.3, 0.4) is 0 Å². The Balaban J connectivity index is 1.67. The molecule has 0 unspecified atom stereocenters. The number of anilines is 1. The molecule has 0 saturated carbocycles. The molecule has 0 atom stereocenters. The smallest absolute Gasteiger partial charge is 0.335 e. The maximum Gasteiger partial charge on any atom is 0.335 e. The first kappa shape index (κ1) is 26.8. The Bertz CT molecular complexity index is 1440. The molecule has 4 amide bonds. The molecule has 4 rings (SSSR count). The van der Waals surface area contributed by atoms with Crippen molar-refractivity contribution >= 4 is 68.1 Å². The molecule has 1 aliphatic heterocycles. The Kier molecular flexibility index (Phi) is 8.28. The van der Waals surface area contributed by atoms with Crippen molar-refractivity contribution in [3.63, 3.8) is 0 Å². The molecule has 3 aromatic rings. The molecule has 1 saturated heterocycles. The molecule has 0 spiro atoms. The number of ether oxygens (including phenoxy) is 2. The second kappa shape index (κ2) is 11.4. The predicted molar refractivity (Wildman–Crippen MR) is 149 cm³/mol. The molecule has 0 bridgehead atoms. The second-order valence-corrected chi connectivity index (χ2v) is 10.1. The van der Waals surface area contributed by atoms with Crippen LogP contribution in [-0.4, -0.2) is 24.5 Å². The highest BCUT2D eigenvalue weighted by Crippen LogP contribution is 2.36. The van der Waals surface area contributed by atoms with Gasteiger partial charge in [0.1, 0.15) is 18.0 Å². The van der Waals surface area contributed by atoms with Crippen LogP contribution in [0.5, 0.6) is 11.5 Å². The normalized spacial score (nSPS) is 14.7. The van der Waals surface area contributed by atoms with Crippen LogP contribution in [0.15, 0.2) is 64.6 Å². The Labute approximate surface area is 234 Å². The molecule has 0 aliphatic carbocycles. The van der Waals surface area contributed by atoms with Crippen molar-refractivity contribution < 1.29 is 28.2 Å². The Morgan fingerprint density at radius 2 is 1.84 bits per heavy atom. The fourth-order valence-electron chi connectivity index (χ4n) is 3.67. The van der Waals surface area contributed by atoms with E-state index in [1.807, 2.05) is 29.5 Å². The van der Waals surface area contributed by atoms with E-state index in [4.69, 9.17) is 9.47 Å². The molecule has 0 aromatic heterocycles. The lowest BCUT2D eigenvalue weighted by molar-refractivity contribution is -0.122. The van der Waals surface area contributed by atoms with Gasteiger partial charge in [-0.2, -0.15) is 0 Å². The average molecular weight is 679 g/mol. The number of amides is 4. The van der Waals surface area contributed by atoms with Crippen LogP contribution < -0.4 is 19.7 Å². The van der Waals surface area contributed by atoms with Crippen LogP contribution in [0.1, 0.15) is 23.6 Å². The van der Waals surface area contributed by atoms with Gasteiger partial charge >= 0.3 is 6.03 Å². The number of imide groups is 2. The number of carbonyl (C=O) groups is 3. The fraction of sp³-hybridized carbons (Fsp3) is 0.148. The SMILES string of the molecule is CCOc1cc(/C=C2\C(=O)NC(=O)N(c3ccc(Br)c(C)c3)C2=O)cc(I)c1OCc1ccccc1F. The van der Waals surface area contributed by atoms with Gasteiger partial charge in [-0.1, -0.05) is 34.1 Å². The zero-order chi connectivity index (χ0) is 26.7. The summed E-state index contributed by atoms with van der Waals surface area (Å²) < 4.78 is 27.1. The second-order valence-electron chi connectivity index (χ2n) is 8.03. The number of rotatable bonds is 7. The number of aryl methyl sites for hydroxylation is 1. The Morgan fingerprint density at radius 3 is 2.54 bits per heavy atom. The highest BCUT2D eigenvalue weighted by atomic mass is 127. The van der Waals surface area contributed by atoms with Crippen LogP contribution >= 0.6 is 38.5 Å². The number of hydrogen-bond acceptors (Lipinski definition) is 5. The maximum atomic E-state index is 14.0. The lowest BCUT2D eigenvalue weighted by atomic mass is 10.1. The number of benzene rings is 3. The summed E-state index contributed by atoms with van der Waals surface area (Å²) in [4.78, 5) is 39.3. The Morgan fingerprint density at radius 1 is 1.08 bits per heavy atom. The molecule has 1 heterocycles. The van der Waals surface area contributed by atoms with Gasteiger partial charge < -0.3 is 9.47 Å². The van der Waals surface area contributed by atoms with Crippen molar-refractivity contribution in [1.29, 1.82) is 0 Å². The number of hydrogen-bond donors (Lipinski definition) is 1. The first-order chi connectivity index (χ1) is 17.7. The average Bonchev–Trinajstić information content (AvgIpc) is 2.84. The number of carbonyl (C=O) groups excluding carboxylic acids is 3. The number of barbiturate groups is 1. The van der Waals surface area contributed by atoms with Gasteiger partial charge in [-0.25, -0.2) is 14.1 Å². The summed E-state index contributed by atoms with van der Waals surface area (Å²) in [7, 11) is 0. The van der Waals surface area contributed by atoms with Crippen LogP contribution in [0.2, 0.25) is 0 Å². The van der Waals surface area contributed by atoms with Crippen molar-refractivity contribution in [3.8, 4) is 11.5 Å². The van der Waals surface area contributed by atoms with Crippen molar-refractivity contribution in [2.24, 2.45) is 0 Å². The van der Waals surface area contributed by atoms with Gasteiger partial charge in [0.15, 0.2) is 11.5 Å². The van der Waals surface area contributed by atoms with Crippen LogP contribution in [-0.2, 0) is 16.2 Å². The minimum Gasteiger partial charge on any atom is -0.490 e. The molecule has 37 heavy (non-hydrogen) atoms. The third kappa shape index (κ3) is 5.85. The van der Waals surface area contributed by atoms with E-state index in [0.717, 1.165) is 14.9 Å². The van der Waals surface area contributed by atoms with E-state index in [1.54, 1.807) is 55.5 Å². The summed E-state index contributed by atoms with van der Waals surface area (Å²) in [6.07, 6.45) is 1.40. The van der Waals surface area contributed by atoms with Gasteiger partial charge in [-0.15, -0.1) is 0 Å². The minimum atomic E-state index is -0.824. The summed E-state index contributed by atoms with van der Waals surface area (Å²) in [5, 5.41) is 2.23. The van der Waals surface area contributed by atoms with E-state index < -0.39 is 17.8 Å². The maximum absolute atomic E-state index is 14.0. The van der Waals surface area contributed by atoms with Gasteiger partial charge in [0, 0.05) is 10.0 Å². The molecular formula is C27H21BrFIN2O5. The predicted octanol–water partition coefficient (Wildman–Crippen LogP) is 6.15. The monoisotopic (exact) mass is 678 g/mol. The molecular weight excluding hydrogens is 658 g/mol. The molecule has 7 nitrogen and oxygen atoms in total. The lowest BCUT2D eigenvalue weighted by Gasteiger charge is -2.26. The largest absolute Gasteiger partial charge is 0.490 e. The first-order valence-corrected chi connectivity index (χ1v) is 13.1. The quantitative estimate of drug-likeness (QED) is 0.184. The topological polar surface area (TPSA) is 84.9 Å². The highest BCUT2D eigenvalue weighted by molar-refractivity contribution is 14.1. The van der Waals surface area contributed by atoms with Gasteiger partial charge in [0.2, 0.25) is 0 Å². The van der Waals surface area contributed by atoms with Crippen LogP contribution in [0.25, 0.3) is 6.08 Å². The van der Waals surface area contributed by atoms with Gasteiger partial charge in [-0.05, 0) is 90.0 Å². The number of halogens is 3. The highest BCUT2D eigenvalue weighted by Gasteiger charge is 2.37. The first-order valence-electron chi connectivity index (χ1n) is 11.2.